The van der Waals surface area contributed by atoms with Gasteiger partial charge in [0, 0.05) is 19.4 Å². The summed E-state index contributed by atoms with van der Waals surface area (Å²) in [6.07, 6.45) is 3.37. The SMILES string of the molecule is Cn1ccnc1C(NS(=O)(=O)c1ccc2c(c1)NC(=O)CO2)c1ccccc1. The second kappa shape index (κ2) is 7.10. The summed E-state index contributed by atoms with van der Waals surface area (Å²) in [5, 5.41) is 2.62. The molecule has 28 heavy (non-hydrogen) atoms. The average molecular weight is 398 g/mol. The Hall–Kier alpha value is -3.17. The molecule has 4 rings (SSSR count). The van der Waals surface area contributed by atoms with Crippen molar-refractivity contribution in [3.63, 3.8) is 0 Å². The molecule has 1 aliphatic heterocycles. The smallest absolute Gasteiger partial charge is 0.262 e. The number of imidazole rings is 1. The van der Waals surface area contributed by atoms with E-state index >= 15 is 0 Å². The topological polar surface area (TPSA) is 102 Å². The Bertz CT molecular complexity index is 1130. The van der Waals surface area contributed by atoms with Crippen LogP contribution in [-0.2, 0) is 21.9 Å². The van der Waals surface area contributed by atoms with Gasteiger partial charge in [0.15, 0.2) is 6.61 Å². The number of amides is 1. The van der Waals surface area contributed by atoms with Gasteiger partial charge in [0.05, 0.1) is 10.6 Å². The third kappa shape index (κ3) is 3.49. The molecule has 1 aliphatic rings. The molecule has 1 atom stereocenters. The summed E-state index contributed by atoms with van der Waals surface area (Å²) in [5.74, 6) is 0.664. The van der Waals surface area contributed by atoms with Crippen LogP contribution >= 0.6 is 0 Å². The summed E-state index contributed by atoms with van der Waals surface area (Å²) < 4.78 is 36.0. The average Bonchev–Trinajstić information content (AvgIpc) is 3.12. The monoisotopic (exact) mass is 398 g/mol. The fourth-order valence-corrected chi connectivity index (χ4v) is 4.23. The number of hydrogen-bond donors (Lipinski definition) is 2. The number of sulfonamides is 1. The van der Waals surface area contributed by atoms with Gasteiger partial charge in [-0.15, -0.1) is 0 Å². The van der Waals surface area contributed by atoms with E-state index in [2.05, 4.69) is 15.0 Å². The molecular weight excluding hydrogens is 380 g/mol. The molecule has 0 saturated carbocycles. The lowest BCUT2D eigenvalue weighted by atomic mass is 10.1. The quantitative estimate of drug-likeness (QED) is 0.683. The molecule has 0 aliphatic carbocycles. The largest absolute Gasteiger partial charge is 0.482 e. The van der Waals surface area contributed by atoms with Gasteiger partial charge in [-0.2, -0.15) is 4.72 Å². The lowest BCUT2D eigenvalue weighted by Gasteiger charge is -2.21. The normalized spacial score (nSPS) is 14.7. The number of carbonyl (C=O) groups excluding carboxylic acids is 1. The number of benzene rings is 2. The predicted molar refractivity (Wildman–Crippen MR) is 102 cm³/mol. The maximum absolute atomic E-state index is 13.1. The minimum absolute atomic E-state index is 0.0205. The third-order valence-corrected chi connectivity index (χ3v) is 5.84. The van der Waals surface area contributed by atoms with E-state index in [0.29, 0.717) is 17.3 Å². The summed E-state index contributed by atoms with van der Waals surface area (Å²) >= 11 is 0. The Labute approximate surface area is 162 Å². The molecule has 0 fully saturated rings. The van der Waals surface area contributed by atoms with Gasteiger partial charge in [0.2, 0.25) is 10.0 Å². The van der Waals surface area contributed by atoms with Crippen LogP contribution in [-0.4, -0.2) is 30.5 Å². The van der Waals surface area contributed by atoms with Gasteiger partial charge in [0.1, 0.15) is 17.6 Å². The number of rotatable bonds is 5. The number of carbonyl (C=O) groups is 1. The lowest BCUT2D eigenvalue weighted by molar-refractivity contribution is -0.118. The molecule has 0 saturated heterocycles. The van der Waals surface area contributed by atoms with Gasteiger partial charge in [-0.25, -0.2) is 13.4 Å². The fourth-order valence-electron chi connectivity index (χ4n) is 3.02. The second-order valence-electron chi connectivity index (χ2n) is 6.36. The zero-order valence-electron chi connectivity index (χ0n) is 15.0. The first kappa shape index (κ1) is 18.2. The number of nitrogens with zero attached hydrogens (tertiary/aromatic N) is 2. The van der Waals surface area contributed by atoms with E-state index in [1.165, 1.54) is 18.2 Å². The Kier molecular flexibility index (Phi) is 4.62. The number of fused-ring (bicyclic) bond motifs is 1. The molecule has 0 radical (unpaired) electrons. The van der Waals surface area contributed by atoms with Crippen LogP contribution in [0.25, 0.3) is 0 Å². The first-order chi connectivity index (χ1) is 13.4. The van der Waals surface area contributed by atoms with Crippen LogP contribution in [0.5, 0.6) is 5.75 Å². The minimum Gasteiger partial charge on any atom is -0.482 e. The van der Waals surface area contributed by atoms with Gasteiger partial charge in [-0.05, 0) is 23.8 Å². The van der Waals surface area contributed by atoms with Crippen LogP contribution in [0.15, 0.2) is 65.8 Å². The summed E-state index contributed by atoms with van der Waals surface area (Å²) in [5.41, 5.74) is 1.09. The van der Waals surface area contributed by atoms with Crippen LogP contribution in [0.4, 0.5) is 5.69 Å². The van der Waals surface area contributed by atoms with Crippen LogP contribution < -0.4 is 14.8 Å². The van der Waals surface area contributed by atoms with Crippen molar-refractivity contribution in [1.82, 2.24) is 14.3 Å². The fraction of sp³-hybridized carbons (Fsp3) is 0.158. The van der Waals surface area contributed by atoms with Crippen molar-refractivity contribution in [1.29, 1.82) is 0 Å². The highest BCUT2D eigenvalue weighted by molar-refractivity contribution is 7.89. The van der Waals surface area contributed by atoms with Crippen molar-refractivity contribution in [3.8, 4) is 5.75 Å². The highest BCUT2D eigenvalue weighted by Crippen LogP contribution is 2.31. The van der Waals surface area contributed by atoms with E-state index in [1.54, 1.807) is 24.0 Å². The van der Waals surface area contributed by atoms with E-state index in [-0.39, 0.29) is 17.4 Å². The molecule has 1 amide bonds. The summed E-state index contributed by atoms with van der Waals surface area (Å²) in [7, 11) is -2.11. The maximum atomic E-state index is 13.1. The van der Waals surface area contributed by atoms with Crippen LogP contribution in [0, 0.1) is 0 Å². The minimum atomic E-state index is -3.91. The van der Waals surface area contributed by atoms with E-state index in [4.69, 9.17) is 4.74 Å². The van der Waals surface area contributed by atoms with Crippen LogP contribution in [0.2, 0.25) is 0 Å². The van der Waals surface area contributed by atoms with E-state index in [9.17, 15) is 13.2 Å². The van der Waals surface area contributed by atoms with Gasteiger partial charge in [0.25, 0.3) is 5.91 Å². The van der Waals surface area contributed by atoms with E-state index in [0.717, 1.165) is 5.56 Å². The van der Waals surface area contributed by atoms with Gasteiger partial charge in [-0.3, -0.25) is 4.79 Å². The summed E-state index contributed by atoms with van der Waals surface area (Å²) in [6.45, 7) is -0.0907. The number of anilines is 1. The van der Waals surface area contributed by atoms with Crippen molar-refractivity contribution >= 4 is 21.6 Å². The van der Waals surface area contributed by atoms with Crippen molar-refractivity contribution in [3.05, 3.63) is 72.3 Å². The first-order valence-corrected chi connectivity index (χ1v) is 10.0. The zero-order chi connectivity index (χ0) is 19.7. The van der Waals surface area contributed by atoms with Crippen LogP contribution in [0.3, 0.4) is 0 Å². The molecule has 2 heterocycles. The Balaban J connectivity index is 1.71. The van der Waals surface area contributed by atoms with Crippen molar-refractivity contribution in [2.75, 3.05) is 11.9 Å². The van der Waals surface area contributed by atoms with Crippen molar-refractivity contribution in [2.24, 2.45) is 7.05 Å². The number of ether oxygens (including phenoxy) is 1. The highest BCUT2D eigenvalue weighted by atomic mass is 32.2. The molecule has 9 heteroatoms. The molecule has 0 bridgehead atoms. The van der Waals surface area contributed by atoms with Gasteiger partial charge in [-0.1, -0.05) is 30.3 Å². The maximum Gasteiger partial charge on any atom is 0.262 e. The Morgan fingerprint density at radius 1 is 1.21 bits per heavy atom. The predicted octanol–water partition coefficient (Wildman–Crippen LogP) is 1.82. The highest BCUT2D eigenvalue weighted by Gasteiger charge is 2.27. The standard InChI is InChI=1S/C19H18N4O4S/c1-23-10-9-20-19(23)18(13-5-3-2-4-6-13)22-28(25,26)14-7-8-16-15(11-14)21-17(24)12-27-16/h2-11,18,22H,12H2,1H3,(H,21,24). The Morgan fingerprint density at radius 2 is 2.00 bits per heavy atom. The number of nitrogens with one attached hydrogen (secondary N) is 2. The van der Waals surface area contributed by atoms with Gasteiger partial charge >= 0.3 is 0 Å². The van der Waals surface area contributed by atoms with E-state index < -0.39 is 16.1 Å². The van der Waals surface area contributed by atoms with Crippen molar-refractivity contribution < 1.29 is 17.9 Å². The van der Waals surface area contributed by atoms with Gasteiger partial charge < -0.3 is 14.6 Å². The number of aromatic nitrogens is 2. The first-order valence-electron chi connectivity index (χ1n) is 8.55. The molecular formula is C19H18N4O4S. The Morgan fingerprint density at radius 3 is 2.71 bits per heavy atom. The molecule has 2 aromatic carbocycles. The summed E-state index contributed by atoms with van der Waals surface area (Å²) in [6, 6.07) is 12.9. The molecule has 1 unspecified atom stereocenters. The second-order valence-corrected chi connectivity index (χ2v) is 8.07. The molecule has 3 aromatic rings. The third-order valence-electron chi connectivity index (χ3n) is 4.42. The molecule has 144 valence electrons. The van der Waals surface area contributed by atoms with E-state index in [1.807, 2.05) is 30.3 Å². The molecule has 2 N–H and O–H groups in total. The molecule has 8 nitrogen and oxygen atoms in total. The lowest BCUT2D eigenvalue weighted by Crippen LogP contribution is -2.31. The molecule has 0 spiro atoms. The number of hydrogen-bond acceptors (Lipinski definition) is 5. The molecule has 1 aromatic heterocycles. The van der Waals surface area contributed by atoms with Crippen LogP contribution in [0.1, 0.15) is 17.4 Å². The number of aryl methyl sites for hydroxylation is 1. The van der Waals surface area contributed by atoms with Crippen molar-refractivity contribution in [2.45, 2.75) is 10.9 Å². The zero-order valence-corrected chi connectivity index (χ0v) is 15.8. The summed E-state index contributed by atoms with van der Waals surface area (Å²) in [4.78, 5) is 15.9.